The van der Waals surface area contributed by atoms with Gasteiger partial charge in [0.05, 0.1) is 0 Å². The third kappa shape index (κ3) is 3.37. The molecule has 3 nitrogen and oxygen atoms in total. The van der Waals surface area contributed by atoms with E-state index < -0.39 is 29.7 Å². The van der Waals surface area contributed by atoms with Crippen molar-refractivity contribution in [2.24, 2.45) is 5.73 Å². The molecule has 84 valence electrons. The normalized spacial score (nSPS) is 13.7. The highest BCUT2D eigenvalue weighted by molar-refractivity contribution is 5.31. The highest BCUT2D eigenvalue weighted by Crippen LogP contribution is 2.26. The smallest absolute Gasteiger partial charge is 0.406 e. The van der Waals surface area contributed by atoms with E-state index in [0.29, 0.717) is 6.07 Å². The summed E-state index contributed by atoms with van der Waals surface area (Å²) >= 11 is 0. The molecule has 0 saturated carbocycles. The standard InChI is InChI=1S/C8H7F4NO2/c9-6-2-1-4(15-8(10,11)12)3-5(6)7(13)14/h1-3,7,14H,13H2. The first-order chi connectivity index (χ1) is 6.79. The topological polar surface area (TPSA) is 55.5 Å². The SMILES string of the molecule is NC(O)c1cc(OC(F)(F)F)ccc1F. The number of aliphatic hydroxyl groups is 1. The van der Waals surface area contributed by atoms with Crippen LogP contribution in [0, 0.1) is 5.82 Å². The summed E-state index contributed by atoms with van der Waals surface area (Å²) in [7, 11) is 0. The summed E-state index contributed by atoms with van der Waals surface area (Å²) in [5.41, 5.74) is 4.46. The Labute approximate surface area is 82.1 Å². The minimum absolute atomic E-state index is 0.461. The van der Waals surface area contributed by atoms with Gasteiger partial charge in [0.15, 0.2) is 0 Å². The van der Waals surface area contributed by atoms with Gasteiger partial charge in [-0.2, -0.15) is 0 Å². The third-order valence-corrected chi connectivity index (χ3v) is 1.52. The molecule has 0 saturated heterocycles. The fourth-order valence-electron chi connectivity index (χ4n) is 0.946. The summed E-state index contributed by atoms with van der Waals surface area (Å²) in [6.07, 6.45) is -6.56. The van der Waals surface area contributed by atoms with Gasteiger partial charge in [-0.05, 0) is 18.2 Å². The molecule has 0 heterocycles. The molecule has 0 aliphatic carbocycles. The van der Waals surface area contributed by atoms with Crippen molar-refractivity contribution in [1.82, 2.24) is 0 Å². The van der Waals surface area contributed by atoms with Crippen LogP contribution in [0.3, 0.4) is 0 Å². The zero-order valence-corrected chi connectivity index (χ0v) is 7.25. The highest BCUT2D eigenvalue weighted by atomic mass is 19.4. The molecule has 0 aliphatic heterocycles. The van der Waals surface area contributed by atoms with Crippen molar-refractivity contribution in [1.29, 1.82) is 0 Å². The molecule has 0 aliphatic rings. The Bertz CT molecular complexity index is 351. The number of rotatable bonds is 2. The molecule has 0 bridgehead atoms. The maximum atomic E-state index is 12.9. The number of aliphatic hydroxyl groups excluding tert-OH is 1. The Morgan fingerprint density at radius 1 is 1.33 bits per heavy atom. The second kappa shape index (κ2) is 4.03. The van der Waals surface area contributed by atoms with Crippen LogP contribution in [0.5, 0.6) is 5.75 Å². The molecular formula is C8H7F4NO2. The van der Waals surface area contributed by atoms with E-state index in [2.05, 4.69) is 4.74 Å². The summed E-state index contributed by atoms with van der Waals surface area (Å²) in [5.74, 6) is -1.54. The Kier molecular flexibility index (Phi) is 3.15. The monoisotopic (exact) mass is 225 g/mol. The lowest BCUT2D eigenvalue weighted by atomic mass is 10.2. The lowest BCUT2D eigenvalue weighted by molar-refractivity contribution is -0.274. The maximum absolute atomic E-state index is 12.9. The van der Waals surface area contributed by atoms with Crippen molar-refractivity contribution >= 4 is 0 Å². The number of halogens is 4. The van der Waals surface area contributed by atoms with Gasteiger partial charge in [-0.1, -0.05) is 0 Å². The molecule has 1 unspecified atom stereocenters. The van der Waals surface area contributed by atoms with E-state index in [4.69, 9.17) is 10.8 Å². The molecule has 0 spiro atoms. The van der Waals surface area contributed by atoms with Crippen molar-refractivity contribution < 1.29 is 27.4 Å². The van der Waals surface area contributed by atoms with Gasteiger partial charge in [0.1, 0.15) is 17.8 Å². The minimum Gasteiger partial charge on any atom is -0.406 e. The van der Waals surface area contributed by atoms with E-state index in [9.17, 15) is 17.6 Å². The molecule has 0 fully saturated rings. The first kappa shape index (κ1) is 11.7. The first-order valence-electron chi connectivity index (χ1n) is 3.78. The van der Waals surface area contributed by atoms with Gasteiger partial charge < -0.3 is 15.6 Å². The molecule has 1 aromatic carbocycles. The Balaban J connectivity index is 2.98. The quantitative estimate of drug-likeness (QED) is 0.594. The lowest BCUT2D eigenvalue weighted by Crippen LogP contribution is -2.18. The third-order valence-electron chi connectivity index (χ3n) is 1.52. The van der Waals surface area contributed by atoms with E-state index in [1.165, 1.54) is 0 Å². The van der Waals surface area contributed by atoms with Gasteiger partial charge in [-0.25, -0.2) is 4.39 Å². The summed E-state index contributed by atoms with van der Waals surface area (Å²) in [4.78, 5) is 0. The Morgan fingerprint density at radius 3 is 2.40 bits per heavy atom. The molecule has 0 radical (unpaired) electrons. The van der Waals surface area contributed by atoms with E-state index in [-0.39, 0.29) is 0 Å². The van der Waals surface area contributed by atoms with Crippen LogP contribution in [0.2, 0.25) is 0 Å². The predicted octanol–water partition coefficient (Wildman–Crippen LogP) is 1.67. The fraction of sp³-hybridized carbons (Fsp3) is 0.250. The van der Waals surface area contributed by atoms with Crippen LogP contribution in [-0.4, -0.2) is 11.5 Å². The highest BCUT2D eigenvalue weighted by Gasteiger charge is 2.31. The second-order valence-corrected chi connectivity index (χ2v) is 2.68. The number of alkyl halides is 3. The van der Waals surface area contributed by atoms with Crippen LogP contribution in [0.1, 0.15) is 11.8 Å². The van der Waals surface area contributed by atoms with Crippen LogP contribution in [0.25, 0.3) is 0 Å². The molecule has 0 amide bonds. The van der Waals surface area contributed by atoms with Gasteiger partial charge in [0, 0.05) is 5.56 Å². The fourth-order valence-corrected chi connectivity index (χ4v) is 0.946. The van der Waals surface area contributed by atoms with E-state index in [1.54, 1.807) is 0 Å². The van der Waals surface area contributed by atoms with Crippen LogP contribution in [0.4, 0.5) is 17.6 Å². The molecule has 3 N–H and O–H groups in total. The lowest BCUT2D eigenvalue weighted by Gasteiger charge is -2.11. The average Bonchev–Trinajstić information content (AvgIpc) is 2.05. The van der Waals surface area contributed by atoms with Crippen molar-refractivity contribution in [3.05, 3.63) is 29.6 Å². The number of nitrogens with two attached hydrogens (primary N) is 1. The molecular weight excluding hydrogens is 218 g/mol. The van der Waals surface area contributed by atoms with Gasteiger partial charge in [-0.3, -0.25) is 0 Å². The number of hydrogen-bond donors (Lipinski definition) is 2. The van der Waals surface area contributed by atoms with E-state index >= 15 is 0 Å². The summed E-state index contributed by atoms with van der Waals surface area (Å²) in [5, 5.41) is 8.83. The maximum Gasteiger partial charge on any atom is 0.573 e. The zero-order valence-electron chi connectivity index (χ0n) is 7.25. The summed E-state index contributed by atoms with van der Waals surface area (Å²) in [6.45, 7) is 0. The molecule has 1 aromatic rings. The number of ether oxygens (including phenoxy) is 1. The van der Waals surface area contributed by atoms with Gasteiger partial charge in [0.25, 0.3) is 0 Å². The molecule has 0 aromatic heterocycles. The van der Waals surface area contributed by atoms with Gasteiger partial charge >= 0.3 is 6.36 Å². The van der Waals surface area contributed by atoms with Crippen molar-refractivity contribution in [3.63, 3.8) is 0 Å². The minimum atomic E-state index is -4.87. The average molecular weight is 225 g/mol. The van der Waals surface area contributed by atoms with E-state index in [0.717, 1.165) is 12.1 Å². The van der Waals surface area contributed by atoms with Crippen LogP contribution < -0.4 is 10.5 Å². The van der Waals surface area contributed by atoms with Crippen molar-refractivity contribution in [3.8, 4) is 5.75 Å². The van der Waals surface area contributed by atoms with E-state index in [1.807, 2.05) is 0 Å². The second-order valence-electron chi connectivity index (χ2n) is 2.68. The summed E-state index contributed by atoms with van der Waals surface area (Å²) < 4.78 is 51.7. The van der Waals surface area contributed by atoms with Crippen LogP contribution >= 0.6 is 0 Å². The Morgan fingerprint density at radius 2 is 1.93 bits per heavy atom. The molecule has 1 atom stereocenters. The number of hydrogen-bond acceptors (Lipinski definition) is 3. The zero-order chi connectivity index (χ0) is 11.6. The molecule has 15 heavy (non-hydrogen) atoms. The van der Waals surface area contributed by atoms with Crippen molar-refractivity contribution in [2.75, 3.05) is 0 Å². The van der Waals surface area contributed by atoms with Crippen LogP contribution in [-0.2, 0) is 0 Å². The number of benzene rings is 1. The Hall–Kier alpha value is -1.34. The predicted molar refractivity (Wildman–Crippen MR) is 42.2 cm³/mol. The van der Waals surface area contributed by atoms with Crippen molar-refractivity contribution in [2.45, 2.75) is 12.6 Å². The van der Waals surface area contributed by atoms with Gasteiger partial charge in [-0.15, -0.1) is 13.2 Å². The molecule has 1 rings (SSSR count). The largest absolute Gasteiger partial charge is 0.573 e. The van der Waals surface area contributed by atoms with Gasteiger partial charge in [0.2, 0.25) is 0 Å². The summed E-state index contributed by atoms with van der Waals surface area (Å²) in [6, 6.07) is 2.20. The van der Waals surface area contributed by atoms with Crippen LogP contribution in [0.15, 0.2) is 18.2 Å². The molecule has 7 heteroatoms. The first-order valence-corrected chi connectivity index (χ1v) is 3.78.